The minimum atomic E-state index is -0.469. The summed E-state index contributed by atoms with van der Waals surface area (Å²) in [5.74, 6) is 0. The van der Waals surface area contributed by atoms with Gasteiger partial charge in [-0.15, -0.1) is 0 Å². The third-order valence-corrected chi connectivity index (χ3v) is 4.65. The minimum Gasteiger partial charge on any atom is -0.373 e. The van der Waals surface area contributed by atoms with Gasteiger partial charge in [-0.05, 0) is 36.5 Å². The molecule has 3 aromatic rings. The molecule has 1 unspecified atom stereocenters. The Hall–Kier alpha value is -3.22. The largest absolute Gasteiger partial charge is 0.373 e. The van der Waals surface area contributed by atoms with Gasteiger partial charge in [0.05, 0.1) is 28.2 Å². The van der Waals surface area contributed by atoms with Crippen molar-refractivity contribution in [2.24, 2.45) is 0 Å². The van der Waals surface area contributed by atoms with E-state index in [4.69, 9.17) is 0 Å². The summed E-state index contributed by atoms with van der Waals surface area (Å²) in [4.78, 5) is 29.5. The standard InChI is InChI=1S/C18H16N4O3/c23-18-13-8-17(22(24)25)16(9-15(13)19-10-20-18)21-14-7-3-5-11-4-1-2-6-12(11)14/h1-2,4,6,8-10,14,21H,3,5,7H2,(H,19,20,23). The first-order valence-corrected chi connectivity index (χ1v) is 8.13. The van der Waals surface area contributed by atoms with Crippen molar-refractivity contribution in [3.05, 3.63) is 74.3 Å². The highest BCUT2D eigenvalue weighted by Crippen LogP contribution is 2.36. The Balaban J connectivity index is 1.81. The fourth-order valence-electron chi connectivity index (χ4n) is 3.46. The van der Waals surface area contributed by atoms with Crippen molar-refractivity contribution in [2.45, 2.75) is 25.3 Å². The zero-order chi connectivity index (χ0) is 17.4. The zero-order valence-electron chi connectivity index (χ0n) is 13.4. The Bertz CT molecular complexity index is 1030. The lowest BCUT2D eigenvalue weighted by molar-refractivity contribution is -0.383. The van der Waals surface area contributed by atoms with Gasteiger partial charge in [-0.2, -0.15) is 0 Å². The molecule has 0 amide bonds. The van der Waals surface area contributed by atoms with Crippen LogP contribution in [-0.4, -0.2) is 14.9 Å². The third-order valence-electron chi connectivity index (χ3n) is 4.65. The molecule has 126 valence electrons. The molecule has 2 N–H and O–H groups in total. The first-order chi connectivity index (χ1) is 12.1. The van der Waals surface area contributed by atoms with Crippen LogP contribution >= 0.6 is 0 Å². The smallest absolute Gasteiger partial charge is 0.293 e. The highest BCUT2D eigenvalue weighted by Gasteiger charge is 2.24. The molecule has 25 heavy (non-hydrogen) atoms. The molecule has 1 aliphatic rings. The average Bonchev–Trinajstić information content (AvgIpc) is 2.62. The van der Waals surface area contributed by atoms with E-state index in [1.54, 1.807) is 6.07 Å². The number of hydrogen-bond acceptors (Lipinski definition) is 5. The summed E-state index contributed by atoms with van der Waals surface area (Å²) in [5.41, 5.74) is 2.75. The maximum atomic E-state index is 11.9. The Kier molecular flexibility index (Phi) is 3.68. The second-order valence-corrected chi connectivity index (χ2v) is 6.16. The van der Waals surface area contributed by atoms with E-state index in [1.807, 2.05) is 12.1 Å². The van der Waals surface area contributed by atoms with E-state index >= 15 is 0 Å². The van der Waals surface area contributed by atoms with E-state index in [-0.39, 0.29) is 22.7 Å². The summed E-state index contributed by atoms with van der Waals surface area (Å²) in [6, 6.07) is 11.0. The van der Waals surface area contributed by atoms with Crippen molar-refractivity contribution >= 4 is 22.3 Å². The molecule has 7 heteroatoms. The number of benzene rings is 2. The van der Waals surface area contributed by atoms with Crippen LogP contribution in [0.4, 0.5) is 11.4 Å². The third kappa shape index (κ3) is 2.73. The van der Waals surface area contributed by atoms with Crippen LogP contribution in [0.5, 0.6) is 0 Å². The van der Waals surface area contributed by atoms with Crippen LogP contribution in [0.25, 0.3) is 10.9 Å². The van der Waals surface area contributed by atoms with Crippen molar-refractivity contribution < 1.29 is 4.92 Å². The molecule has 7 nitrogen and oxygen atoms in total. The van der Waals surface area contributed by atoms with Crippen LogP contribution < -0.4 is 10.9 Å². The van der Waals surface area contributed by atoms with Crippen LogP contribution in [-0.2, 0) is 6.42 Å². The number of nitro groups is 1. The Morgan fingerprint density at radius 1 is 1.28 bits per heavy atom. The molecule has 0 radical (unpaired) electrons. The normalized spacial score (nSPS) is 16.4. The van der Waals surface area contributed by atoms with Crippen LogP contribution in [0, 0.1) is 10.1 Å². The van der Waals surface area contributed by atoms with Gasteiger partial charge < -0.3 is 10.3 Å². The number of nitrogens with one attached hydrogen (secondary N) is 2. The van der Waals surface area contributed by atoms with Gasteiger partial charge in [0.25, 0.3) is 11.2 Å². The van der Waals surface area contributed by atoms with Gasteiger partial charge >= 0.3 is 0 Å². The summed E-state index contributed by atoms with van der Waals surface area (Å²) < 4.78 is 0. The Morgan fingerprint density at radius 3 is 2.96 bits per heavy atom. The van der Waals surface area contributed by atoms with Crippen LogP contribution in [0.2, 0.25) is 0 Å². The van der Waals surface area contributed by atoms with Crippen LogP contribution in [0.15, 0.2) is 47.5 Å². The zero-order valence-corrected chi connectivity index (χ0v) is 13.4. The number of anilines is 1. The molecular formula is C18H16N4O3. The van der Waals surface area contributed by atoms with E-state index in [1.165, 1.54) is 23.5 Å². The molecule has 0 saturated heterocycles. The molecule has 0 spiro atoms. The molecule has 4 rings (SSSR count). The summed E-state index contributed by atoms with van der Waals surface area (Å²) in [6.45, 7) is 0. The molecule has 1 atom stereocenters. The Morgan fingerprint density at radius 2 is 2.12 bits per heavy atom. The minimum absolute atomic E-state index is 0.00287. The van der Waals surface area contributed by atoms with E-state index < -0.39 is 4.92 Å². The van der Waals surface area contributed by atoms with Gasteiger partial charge in [0, 0.05) is 6.07 Å². The number of hydrogen-bond donors (Lipinski definition) is 2. The molecule has 0 saturated carbocycles. The quantitative estimate of drug-likeness (QED) is 0.564. The van der Waals surface area contributed by atoms with Gasteiger partial charge in [0.15, 0.2) is 0 Å². The lowest BCUT2D eigenvalue weighted by Crippen LogP contribution is -2.18. The number of nitrogens with zero attached hydrogens (tertiary/aromatic N) is 2. The lowest BCUT2D eigenvalue weighted by atomic mass is 9.87. The van der Waals surface area contributed by atoms with E-state index in [2.05, 4.69) is 27.4 Å². The van der Waals surface area contributed by atoms with E-state index in [9.17, 15) is 14.9 Å². The number of aromatic nitrogens is 2. The van der Waals surface area contributed by atoms with Crippen molar-refractivity contribution in [1.29, 1.82) is 0 Å². The summed E-state index contributed by atoms with van der Waals surface area (Å²) in [7, 11) is 0. The number of nitro benzene ring substituents is 1. The predicted octanol–water partition coefficient (Wildman–Crippen LogP) is 3.32. The summed E-state index contributed by atoms with van der Waals surface area (Å²) in [5, 5.41) is 15.0. The summed E-state index contributed by atoms with van der Waals surface area (Å²) in [6.07, 6.45) is 4.24. The maximum absolute atomic E-state index is 11.9. The SMILES string of the molecule is O=c1[nH]cnc2cc(NC3CCCc4ccccc43)c([N+](=O)[O-])cc12. The molecule has 0 bridgehead atoms. The second kappa shape index (κ2) is 6.01. The van der Waals surface area contributed by atoms with Crippen molar-refractivity contribution in [1.82, 2.24) is 9.97 Å². The fraction of sp³-hybridized carbons (Fsp3) is 0.222. The Labute approximate surface area is 142 Å². The maximum Gasteiger partial charge on any atom is 0.293 e. The lowest BCUT2D eigenvalue weighted by Gasteiger charge is -2.27. The molecule has 1 heterocycles. The highest BCUT2D eigenvalue weighted by molar-refractivity contribution is 5.86. The van der Waals surface area contributed by atoms with Crippen LogP contribution in [0.1, 0.15) is 30.0 Å². The van der Waals surface area contributed by atoms with Gasteiger partial charge in [0.1, 0.15) is 5.69 Å². The summed E-state index contributed by atoms with van der Waals surface area (Å²) >= 11 is 0. The topological polar surface area (TPSA) is 101 Å². The van der Waals surface area contributed by atoms with Crippen LogP contribution in [0.3, 0.4) is 0 Å². The number of fused-ring (bicyclic) bond motifs is 2. The van der Waals surface area contributed by atoms with Crippen molar-refractivity contribution in [3.8, 4) is 0 Å². The van der Waals surface area contributed by atoms with E-state index in [0.29, 0.717) is 11.2 Å². The van der Waals surface area contributed by atoms with Crippen molar-refractivity contribution in [2.75, 3.05) is 5.32 Å². The predicted molar refractivity (Wildman–Crippen MR) is 94.8 cm³/mol. The van der Waals surface area contributed by atoms with Gasteiger partial charge in [-0.1, -0.05) is 24.3 Å². The average molecular weight is 336 g/mol. The number of aryl methyl sites for hydroxylation is 1. The molecule has 2 aromatic carbocycles. The number of H-pyrrole nitrogens is 1. The highest BCUT2D eigenvalue weighted by atomic mass is 16.6. The van der Waals surface area contributed by atoms with Crippen molar-refractivity contribution in [3.63, 3.8) is 0 Å². The van der Waals surface area contributed by atoms with Gasteiger partial charge in [-0.3, -0.25) is 14.9 Å². The van der Waals surface area contributed by atoms with Gasteiger partial charge in [0.2, 0.25) is 0 Å². The molecule has 0 aliphatic heterocycles. The van der Waals surface area contributed by atoms with Gasteiger partial charge in [-0.25, -0.2) is 4.98 Å². The number of aromatic amines is 1. The monoisotopic (exact) mass is 336 g/mol. The van der Waals surface area contributed by atoms with E-state index in [0.717, 1.165) is 19.3 Å². The fourth-order valence-corrected chi connectivity index (χ4v) is 3.46. The first kappa shape index (κ1) is 15.3. The first-order valence-electron chi connectivity index (χ1n) is 8.13. The molecule has 1 aliphatic carbocycles. The number of rotatable bonds is 3. The molecular weight excluding hydrogens is 320 g/mol. The molecule has 1 aromatic heterocycles. The second-order valence-electron chi connectivity index (χ2n) is 6.16. The molecule has 0 fully saturated rings.